The summed E-state index contributed by atoms with van der Waals surface area (Å²) in [5.41, 5.74) is 11.4. The minimum atomic E-state index is 0.118. The lowest BCUT2D eigenvalue weighted by Gasteiger charge is -2.36. The Balaban J connectivity index is 1.26. The van der Waals surface area contributed by atoms with E-state index in [1.165, 1.54) is 11.1 Å². The highest BCUT2D eigenvalue weighted by atomic mass is 16.2. The lowest BCUT2D eigenvalue weighted by molar-refractivity contribution is 0.0665. The maximum Gasteiger partial charge on any atom is 0.270 e. The summed E-state index contributed by atoms with van der Waals surface area (Å²) in [5, 5.41) is 1.09. The van der Waals surface area contributed by atoms with Crippen molar-refractivity contribution in [2.75, 3.05) is 19.6 Å². The van der Waals surface area contributed by atoms with E-state index < -0.39 is 0 Å². The van der Waals surface area contributed by atoms with E-state index in [9.17, 15) is 4.79 Å². The predicted molar refractivity (Wildman–Crippen MR) is 116 cm³/mol. The zero-order valence-electron chi connectivity index (χ0n) is 16.8. The van der Waals surface area contributed by atoms with E-state index in [-0.39, 0.29) is 5.91 Å². The third-order valence-electron chi connectivity index (χ3n) is 6.71. The van der Waals surface area contributed by atoms with E-state index >= 15 is 0 Å². The fourth-order valence-electron chi connectivity index (χ4n) is 5.09. The second-order valence-corrected chi connectivity index (χ2v) is 8.41. The molecule has 1 aromatic heterocycles. The SMILES string of the molecule is Cc1ccccc1C1CNNC1C1CCN(C(=O)c2cc3ccccc3[nH]2)CC1. The Morgan fingerprint density at radius 3 is 2.59 bits per heavy atom. The Hall–Kier alpha value is -2.63. The summed E-state index contributed by atoms with van der Waals surface area (Å²) >= 11 is 0. The molecule has 0 spiro atoms. The molecular weight excluding hydrogens is 360 g/mol. The van der Waals surface area contributed by atoms with Crippen LogP contribution in [-0.4, -0.2) is 41.5 Å². The second-order valence-electron chi connectivity index (χ2n) is 8.41. The number of amides is 1. The van der Waals surface area contributed by atoms with Gasteiger partial charge in [0, 0.05) is 42.5 Å². The maximum absolute atomic E-state index is 13.0. The van der Waals surface area contributed by atoms with Gasteiger partial charge in [-0.15, -0.1) is 0 Å². The molecule has 2 fully saturated rings. The molecule has 150 valence electrons. The Morgan fingerprint density at radius 1 is 1.03 bits per heavy atom. The summed E-state index contributed by atoms with van der Waals surface area (Å²) in [7, 11) is 0. The number of aromatic amines is 1. The van der Waals surface area contributed by atoms with Gasteiger partial charge in [-0.2, -0.15) is 0 Å². The largest absolute Gasteiger partial charge is 0.351 e. The molecule has 5 nitrogen and oxygen atoms in total. The van der Waals surface area contributed by atoms with Crippen LogP contribution in [0.15, 0.2) is 54.6 Å². The molecule has 0 radical (unpaired) electrons. The van der Waals surface area contributed by atoms with Crippen molar-refractivity contribution < 1.29 is 4.79 Å². The van der Waals surface area contributed by atoms with Crippen molar-refractivity contribution in [2.24, 2.45) is 5.92 Å². The van der Waals surface area contributed by atoms with Gasteiger partial charge >= 0.3 is 0 Å². The number of hydrogen-bond acceptors (Lipinski definition) is 3. The molecule has 3 N–H and O–H groups in total. The van der Waals surface area contributed by atoms with Crippen LogP contribution >= 0.6 is 0 Å². The molecule has 0 bridgehead atoms. The van der Waals surface area contributed by atoms with E-state index in [1.807, 2.05) is 35.2 Å². The van der Waals surface area contributed by atoms with Crippen LogP contribution in [0.4, 0.5) is 0 Å². The first kappa shape index (κ1) is 18.4. The van der Waals surface area contributed by atoms with Crippen LogP contribution in [0.3, 0.4) is 0 Å². The number of carbonyl (C=O) groups is 1. The number of carbonyl (C=O) groups excluding carboxylic acids is 1. The molecule has 2 saturated heterocycles. The highest BCUT2D eigenvalue weighted by Crippen LogP contribution is 2.34. The van der Waals surface area contributed by atoms with Gasteiger partial charge < -0.3 is 9.88 Å². The van der Waals surface area contributed by atoms with E-state index in [0.29, 0.717) is 23.6 Å². The lowest BCUT2D eigenvalue weighted by atomic mass is 9.79. The predicted octanol–water partition coefficient (Wildman–Crippen LogP) is 3.59. The van der Waals surface area contributed by atoms with E-state index in [2.05, 4.69) is 47.0 Å². The Morgan fingerprint density at radius 2 is 1.79 bits per heavy atom. The number of nitrogens with zero attached hydrogens (tertiary/aromatic N) is 1. The first-order chi connectivity index (χ1) is 14.2. The van der Waals surface area contributed by atoms with Gasteiger partial charge in [-0.1, -0.05) is 42.5 Å². The number of benzene rings is 2. The topological polar surface area (TPSA) is 60.2 Å². The van der Waals surface area contributed by atoms with Crippen molar-refractivity contribution in [3.8, 4) is 0 Å². The Kier molecular flexibility index (Phi) is 4.86. The Bertz CT molecular complexity index is 985. The molecule has 2 unspecified atom stereocenters. The average molecular weight is 389 g/mol. The van der Waals surface area contributed by atoms with Gasteiger partial charge in [-0.05, 0) is 48.9 Å². The summed E-state index contributed by atoms with van der Waals surface area (Å²) in [5.74, 6) is 1.17. The van der Waals surface area contributed by atoms with Crippen molar-refractivity contribution in [3.05, 3.63) is 71.4 Å². The number of hydrazine groups is 1. The van der Waals surface area contributed by atoms with Gasteiger partial charge in [0.05, 0.1) is 0 Å². The smallest absolute Gasteiger partial charge is 0.270 e. The number of para-hydroxylation sites is 1. The fraction of sp³-hybridized carbons (Fsp3) is 0.375. The standard InChI is InChI=1S/C24H28N4O/c1-16-6-2-4-8-19(16)20-15-25-27-23(20)17-10-12-28(13-11-17)24(29)22-14-18-7-3-5-9-21(18)26-22/h2-9,14,17,20,23,25-27H,10-13,15H2,1H3. The Labute approximate surface area is 171 Å². The molecular formula is C24H28N4O. The first-order valence-electron chi connectivity index (χ1n) is 10.6. The highest BCUT2D eigenvalue weighted by Gasteiger charge is 2.37. The number of rotatable bonds is 3. The van der Waals surface area contributed by atoms with E-state index in [0.717, 1.165) is 43.4 Å². The third kappa shape index (κ3) is 3.45. The van der Waals surface area contributed by atoms with Crippen LogP contribution in [0.25, 0.3) is 10.9 Å². The molecule has 0 saturated carbocycles. The molecule has 3 aromatic rings. The van der Waals surface area contributed by atoms with E-state index in [4.69, 9.17) is 0 Å². The van der Waals surface area contributed by atoms with Crippen LogP contribution in [0, 0.1) is 12.8 Å². The highest BCUT2D eigenvalue weighted by molar-refractivity contribution is 5.98. The van der Waals surface area contributed by atoms with Gasteiger partial charge in [-0.25, -0.2) is 0 Å². The second kappa shape index (κ2) is 7.65. The van der Waals surface area contributed by atoms with Gasteiger partial charge in [0.15, 0.2) is 0 Å². The van der Waals surface area contributed by atoms with Crippen molar-refractivity contribution in [1.29, 1.82) is 0 Å². The fourth-order valence-corrected chi connectivity index (χ4v) is 5.09. The van der Waals surface area contributed by atoms with Crippen LogP contribution in [0.2, 0.25) is 0 Å². The van der Waals surface area contributed by atoms with Crippen LogP contribution in [0.1, 0.15) is 40.4 Å². The van der Waals surface area contributed by atoms with Crippen molar-refractivity contribution in [2.45, 2.75) is 31.7 Å². The number of nitrogens with one attached hydrogen (secondary N) is 3. The van der Waals surface area contributed by atoms with Gasteiger partial charge in [0.2, 0.25) is 0 Å². The third-order valence-corrected chi connectivity index (χ3v) is 6.71. The minimum Gasteiger partial charge on any atom is -0.351 e. The molecule has 5 heteroatoms. The van der Waals surface area contributed by atoms with Crippen LogP contribution < -0.4 is 10.9 Å². The number of fused-ring (bicyclic) bond motifs is 1. The number of aromatic nitrogens is 1. The number of H-pyrrole nitrogens is 1. The van der Waals surface area contributed by atoms with Gasteiger partial charge in [0.1, 0.15) is 5.69 Å². The number of piperidine rings is 1. The quantitative estimate of drug-likeness (QED) is 0.643. The summed E-state index contributed by atoms with van der Waals surface area (Å²) in [4.78, 5) is 18.3. The van der Waals surface area contributed by atoms with Crippen LogP contribution in [0.5, 0.6) is 0 Å². The molecule has 0 aliphatic carbocycles. The first-order valence-corrected chi connectivity index (χ1v) is 10.6. The monoisotopic (exact) mass is 388 g/mol. The molecule has 1 amide bonds. The maximum atomic E-state index is 13.0. The lowest BCUT2D eigenvalue weighted by Crippen LogP contribution is -2.45. The summed E-state index contributed by atoms with van der Waals surface area (Å²) in [6.07, 6.45) is 2.07. The molecule has 3 heterocycles. The van der Waals surface area contributed by atoms with Crippen LogP contribution in [-0.2, 0) is 0 Å². The van der Waals surface area contributed by atoms with Crippen molar-refractivity contribution in [1.82, 2.24) is 20.7 Å². The zero-order valence-corrected chi connectivity index (χ0v) is 16.8. The average Bonchev–Trinajstić information content (AvgIpc) is 3.41. The molecule has 2 aliphatic rings. The van der Waals surface area contributed by atoms with Gasteiger partial charge in [-0.3, -0.25) is 15.6 Å². The molecule has 5 rings (SSSR count). The summed E-state index contributed by atoms with van der Waals surface area (Å²) in [6.45, 7) is 4.80. The van der Waals surface area contributed by atoms with E-state index in [1.54, 1.807) is 0 Å². The zero-order chi connectivity index (χ0) is 19.8. The number of aryl methyl sites for hydroxylation is 1. The van der Waals surface area contributed by atoms with Crippen molar-refractivity contribution >= 4 is 16.8 Å². The summed E-state index contributed by atoms with van der Waals surface area (Å²) in [6, 6.07) is 19.2. The molecule has 2 atom stereocenters. The van der Waals surface area contributed by atoms with Crippen molar-refractivity contribution in [3.63, 3.8) is 0 Å². The summed E-state index contributed by atoms with van der Waals surface area (Å²) < 4.78 is 0. The molecule has 2 aromatic carbocycles. The normalized spacial score (nSPS) is 23.0. The number of likely N-dealkylation sites (tertiary alicyclic amines) is 1. The number of hydrogen-bond donors (Lipinski definition) is 3. The minimum absolute atomic E-state index is 0.118. The van der Waals surface area contributed by atoms with Gasteiger partial charge in [0.25, 0.3) is 5.91 Å². The molecule has 2 aliphatic heterocycles. The molecule has 29 heavy (non-hydrogen) atoms.